The summed E-state index contributed by atoms with van der Waals surface area (Å²) >= 11 is 1.32. The molecule has 0 amide bonds. The van der Waals surface area contributed by atoms with Crippen LogP contribution in [0.2, 0.25) is 0 Å². The van der Waals surface area contributed by atoms with Crippen LogP contribution in [0.25, 0.3) is 6.08 Å². The number of aryl methyl sites for hydroxylation is 1. The molecule has 33 heavy (non-hydrogen) atoms. The van der Waals surface area contributed by atoms with Crippen LogP contribution < -0.4 is 19.6 Å². The molecule has 4 rings (SSSR count). The maximum Gasteiger partial charge on any atom is 0.338 e. The second-order valence-corrected chi connectivity index (χ2v) is 8.97. The van der Waals surface area contributed by atoms with Crippen LogP contribution in [0, 0.1) is 13.8 Å². The van der Waals surface area contributed by atoms with Gasteiger partial charge in [-0.25, -0.2) is 9.79 Å². The molecule has 0 radical (unpaired) electrons. The first kappa shape index (κ1) is 22.8. The highest BCUT2D eigenvalue weighted by Gasteiger charge is 2.33. The van der Waals surface area contributed by atoms with Gasteiger partial charge in [0.05, 0.1) is 35.6 Å². The van der Waals surface area contributed by atoms with Crippen LogP contribution in [0.15, 0.2) is 51.4 Å². The third-order valence-electron chi connectivity index (χ3n) is 6.03. The largest absolute Gasteiger partial charge is 0.497 e. The van der Waals surface area contributed by atoms with Gasteiger partial charge in [-0.3, -0.25) is 9.36 Å². The highest BCUT2D eigenvalue weighted by atomic mass is 32.1. The van der Waals surface area contributed by atoms with Gasteiger partial charge in [-0.2, -0.15) is 0 Å². The summed E-state index contributed by atoms with van der Waals surface area (Å²) in [6, 6.07) is 8.79. The summed E-state index contributed by atoms with van der Waals surface area (Å²) in [7, 11) is 3.59. The lowest BCUT2D eigenvalue weighted by molar-refractivity contribution is -0.139. The third-order valence-corrected chi connectivity index (χ3v) is 7.01. The zero-order chi connectivity index (χ0) is 23.9. The van der Waals surface area contributed by atoms with E-state index >= 15 is 0 Å². The zero-order valence-electron chi connectivity index (χ0n) is 19.6. The Hall–Kier alpha value is -3.39. The van der Waals surface area contributed by atoms with Crippen LogP contribution >= 0.6 is 11.3 Å². The van der Waals surface area contributed by atoms with Crippen molar-refractivity contribution in [2.75, 3.05) is 13.7 Å². The van der Waals surface area contributed by atoms with Crippen LogP contribution in [0.5, 0.6) is 5.75 Å². The average Bonchev–Trinajstić information content (AvgIpc) is 3.23. The Morgan fingerprint density at radius 1 is 1.24 bits per heavy atom. The molecule has 7 nitrogen and oxygen atoms in total. The number of hydrogen-bond donors (Lipinski definition) is 0. The smallest absolute Gasteiger partial charge is 0.338 e. The first-order valence-electron chi connectivity index (χ1n) is 10.7. The second-order valence-electron chi connectivity index (χ2n) is 7.96. The molecule has 172 valence electrons. The van der Waals surface area contributed by atoms with Gasteiger partial charge in [-0.1, -0.05) is 23.5 Å². The maximum absolute atomic E-state index is 13.7. The number of aromatic nitrogens is 2. The van der Waals surface area contributed by atoms with Gasteiger partial charge >= 0.3 is 5.97 Å². The number of allylic oxidation sites excluding steroid dienone is 1. The Labute approximate surface area is 195 Å². The van der Waals surface area contributed by atoms with E-state index in [9.17, 15) is 9.59 Å². The summed E-state index contributed by atoms with van der Waals surface area (Å²) in [5.74, 6) is 0.165. The van der Waals surface area contributed by atoms with Crippen molar-refractivity contribution in [1.29, 1.82) is 0 Å². The SMILES string of the molecule is CCOC(=O)C1=C(C)N=c2s/c(=C/c3cc(C)n(C)c3C)c(=O)n2C1c1cccc(OC)c1. The van der Waals surface area contributed by atoms with Crippen molar-refractivity contribution in [3.8, 4) is 5.75 Å². The van der Waals surface area contributed by atoms with E-state index in [2.05, 4.69) is 15.6 Å². The number of ether oxygens (including phenoxy) is 2. The van der Waals surface area contributed by atoms with Gasteiger partial charge in [0.25, 0.3) is 5.56 Å². The standard InChI is InChI=1S/C25H27N3O4S/c1-7-32-24(30)21-15(3)26-25-28(22(21)17-9-8-10-19(12-17)31-6)23(29)20(33-25)13-18-11-14(2)27(5)16(18)4/h8-13,22H,7H2,1-6H3/b20-13+. The molecule has 0 N–H and O–H groups in total. The predicted molar refractivity (Wildman–Crippen MR) is 128 cm³/mol. The summed E-state index contributed by atoms with van der Waals surface area (Å²) in [6.07, 6.45) is 1.90. The first-order chi connectivity index (χ1) is 15.8. The molecule has 1 unspecified atom stereocenters. The fraction of sp³-hybridized carbons (Fsp3) is 0.320. The van der Waals surface area contributed by atoms with Crippen LogP contribution in [0.3, 0.4) is 0 Å². The molecular formula is C25H27N3O4S. The van der Waals surface area contributed by atoms with Gasteiger partial charge in [-0.05, 0) is 63.1 Å². The Kier molecular flexibility index (Phi) is 6.12. The van der Waals surface area contributed by atoms with Gasteiger partial charge < -0.3 is 14.0 Å². The summed E-state index contributed by atoms with van der Waals surface area (Å²) in [6.45, 7) is 7.83. The van der Waals surface area contributed by atoms with Crippen molar-refractivity contribution >= 4 is 23.4 Å². The maximum atomic E-state index is 13.7. The fourth-order valence-corrected chi connectivity index (χ4v) is 5.13. The van der Waals surface area contributed by atoms with Gasteiger partial charge in [0.1, 0.15) is 5.75 Å². The molecule has 0 saturated heterocycles. The topological polar surface area (TPSA) is 74.8 Å². The number of fused-ring (bicyclic) bond motifs is 1. The van der Waals surface area contributed by atoms with E-state index in [-0.39, 0.29) is 12.2 Å². The molecule has 1 aliphatic rings. The Balaban J connectivity index is 1.98. The lowest BCUT2D eigenvalue weighted by Gasteiger charge is -2.25. The number of nitrogens with zero attached hydrogens (tertiary/aromatic N) is 3. The second kappa shape index (κ2) is 8.86. The highest BCUT2D eigenvalue weighted by Crippen LogP contribution is 2.32. The van der Waals surface area contributed by atoms with E-state index in [4.69, 9.17) is 9.47 Å². The van der Waals surface area contributed by atoms with Gasteiger partial charge in [-0.15, -0.1) is 0 Å². The highest BCUT2D eigenvalue weighted by molar-refractivity contribution is 7.07. The van der Waals surface area contributed by atoms with Crippen molar-refractivity contribution in [2.24, 2.45) is 12.0 Å². The molecule has 1 aliphatic heterocycles. The van der Waals surface area contributed by atoms with Gasteiger partial charge in [0.15, 0.2) is 4.80 Å². The molecule has 0 saturated carbocycles. The predicted octanol–water partition coefficient (Wildman–Crippen LogP) is 2.76. The van der Waals surface area contributed by atoms with Crippen molar-refractivity contribution < 1.29 is 14.3 Å². The lowest BCUT2D eigenvalue weighted by atomic mass is 9.95. The Morgan fingerprint density at radius 2 is 2.00 bits per heavy atom. The number of carbonyl (C=O) groups excluding carboxylic acids is 1. The van der Waals surface area contributed by atoms with E-state index in [1.54, 1.807) is 25.5 Å². The van der Waals surface area contributed by atoms with E-state index in [1.807, 2.05) is 51.2 Å². The van der Waals surface area contributed by atoms with Crippen LogP contribution in [-0.2, 0) is 16.6 Å². The number of methoxy groups -OCH3 is 1. The quantitative estimate of drug-likeness (QED) is 0.543. The molecule has 0 fully saturated rings. The molecule has 1 atom stereocenters. The zero-order valence-corrected chi connectivity index (χ0v) is 20.4. The van der Waals surface area contributed by atoms with E-state index < -0.39 is 12.0 Å². The first-order valence-corrected chi connectivity index (χ1v) is 11.5. The third kappa shape index (κ3) is 3.95. The number of carbonyl (C=O) groups is 1. The molecule has 8 heteroatoms. The monoisotopic (exact) mass is 465 g/mol. The summed E-state index contributed by atoms with van der Waals surface area (Å²) < 4.78 is 15.0. The molecule has 1 aromatic carbocycles. The Bertz CT molecular complexity index is 1460. The van der Waals surface area contributed by atoms with E-state index in [0.29, 0.717) is 26.4 Å². The van der Waals surface area contributed by atoms with Gasteiger partial charge in [0, 0.05) is 18.4 Å². The molecule has 3 aromatic rings. The number of thiazole rings is 1. The number of esters is 1. The van der Waals surface area contributed by atoms with Crippen molar-refractivity contribution in [3.05, 3.63) is 83.8 Å². The summed E-state index contributed by atoms with van der Waals surface area (Å²) in [4.78, 5) is 31.8. The molecule has 0 spiro atoms. The van der Waals surface area contributed by atoms with E-state index in [1.165, 1.54) is 11.3 Å². The fourth-order valence-electron chi connectivity index (χ4n) is 4.09. The molecule has 2 aromatic heterocycles. The van der Waals surface area contributed by atoms with E-state index in [0.717, 1.165) is 22.5 Å². The minimum Gasteiger partial charge on any atom is -0.497 e. The molecular weight excluding hydrogens is 438 g/mol. The molecule has 0 aliphatic carbocycles. The van der Waals surface area contributed by atoms with Crippen LogP contribution in [-0.4, -0.2) is 28.8 Å². The van der Waals surface area contributed by atoms with Gasteiger partial charge in [0.2, 0.25) is 0 Å². The lowest BCUT2D eigenvalue weighted by Crippen LogP contribution is -2.39. The number of benzene rings is 1. The van der Waals surface area contributed by atoms with Crippen LogP contribution in [0.1, 0.15) is 42.4 Å². The van der Waals surface area contributed by atoms with Crippen molar-refractivity contribution in [1.82, 2.24) is 9.13 Å². The van der Waals surface area contributed by atoms with Crippen molar-refractivity contribution in [3.63, 3.8) is 0 Å². The number of rotatable bonds is 5. The van der Waals surface area contributed by atoms with Crippen LogP contribution in [0.4, 0.5) is 0 Å². The summed E-state index contributed by atoms with van der Waals surface area (Å²) in [5.41, 5.74) is 4.64. The Morgan fingerprint density at radius 3 is 2.64 bits per heavy atom. The summed E-state index contributed by atoms with van der Waals surface area (Å²) in [5, 5.41) is 0. The minimum absolute atomic E-state index is 0.193. The average molecular weight is 466 g/mol. The molecule has 0 bridgehead atoms. The minimum atomic E-state index is -0.656. The normalized spacial score (nSPS) is 15.9. The van der Waals surface area contributed by atoms with Crippen molar-refractivity contribution in [2.45, 2.75) is 33.7 Å². The molecule has 3 heterocycles. The number of hydrogen-bond acceptors (Lipinski definition) is 6.